The van der Waals surface area contributed by atoms with Crippen molar-refractivity contribution in [3.8, 4) is 23.0 Å². The molecule has 312 valence electrons. The van der Waals surface area contributed by atoms with Crippen LogP contribution in [0.4, 0.5) is 0 Å². The highest BCUT2D eigenvalue weighted by molar-refractivity contribution is 5.86. The first-order chi connectivity index (χ1) is 27.5. The Hall–Kier alpha value is -5.40. The topological polar surface area (TPSA) is 159 Å². The van der Waals surface area contributed by atoms with E-state index in [1.807, 2.05) is 97.1 Å². The van der Waals surface area contributed by atoms with Gasteiger partial charge in [0.15, 0.2) is 6.79 Å². The summed E-state index contributed by atoms with van der Waals surface area (Å²) in [5, 5.41) is 30.4. The summed E-state index contributed by atoms with van der Waals surface area (Å²) in [6.45, 7) is 14.5. The van der Waals surface area contributed by atoms with Crippen molar-refractivity contribution in [1.29, 1.82) is 0 Å². The zero-order chi connectivity index (χ0) is 42.3. The molecule has 0 bridgehead atoms. The third-order valence-electron chi connectivity index (χ3n) is 9.48. The molecule has 0 spiro atoms. The van der Waals surface area contributed by atoms with Gasteiger partial charge in [-0.3, -0.25) is 4.79 Å². The molecule has 0 aliphatic carbocycles. The quantitative estimate of drug-likeness (QED) is 0.0334. The van der Waals surface area contributed by atoms with Crippen molar-refractivity contribution in [3.05, 3.63) is 131 Å². The van der Waals surface area contributed by atoms with E-state index >= 15 is 0 Å². The van der Waals surface area contributed by atoms with Crippen LogP contribution in [0.2, 0.25) is 0 Å². The van der Waals surface area contributed by atoms with Crippen molar-refractivity contribution >= 4 is 11.9 Å². The highest BCUT2D eigenvalue weighted by Gasteiger charge is 2.25. The van der Waals surface area contributed by atoms with E-state index < -0.39 is 30.3 Å². The summed E-state index contributed by atoms with van der Waals surface area (Å²) in [5.41, 5.74) is 3.90. The normalized spacial score (nSPS) is 13.1. The Labute approximate surface area is 340 Å². The smallest absolute Gasteiger partial charge is 0.333 e. The number of aliphatic hydroxyl groups excluding tert-OH is 3. The van der Waals surface area contributed by atoms with E-state index in [-0.39, 0.29) is 62.8 Å². The molecule has 0 heterocycles. The second-order valence-corrected chi connectivity index (χ2v) is 15.1. The van der Waals surface area contributed by atoms with E-state index in [2.05, 4.69) is 34.3 Å². The molecule has 4 aromatic rings. The van der Waals surface area contributed by atoms with E-state index in [1.54, 1.807) is 0 Å². The molecule has 58 heavy (non-hydrogen) atoms. The number of hydrogen-bond donors (Lipinski definition) is 3. The standard InChI is InChI=1S/C46H56O12/c1-31(2)44(51)57-29-37(48)24-52-30-58-43-22-14-36(15-23-43)46(6,7)35-12-20-42(21-13-35)56-28-39(50)27-55-41-18-10-34(11-19-41)45(4,5)33-8-16-40(17-9-33)54-26-38(49)25-53-32(3)47/h8-23,37-39,48-50H,1,24-30H2,2-7H3. The Morgan fingerprint density at radius 3 is 1.16 bits per heavy atom. The van der Waals surface area contributed by atoms with Crippen LogP contribution < -0.4 is 18.9 Å². The minimum atomic E-state index is -0.974. The van der Waals surface area contributed by atoms with Crippen molar-refractivity contribution in [1.82, 2.24) is 0 Å². The SMILES string of the molecule is C=C(C)C(=O)OCC(O)COCOc1ccc(C(C)(C)c2ccc(OCC(O)COc3ccc(C(C)(C)c4ccc(OCC(O)COC(C)=O)cc4)cc3)cc2)cc1. The van der Waals surface area contributed by atoms with Gasteiger partial charge in [-0.15, -0.1) is 0 Å². The number of carbonyl (C=O) groups is 2. The lowest BCUT2D eigenvalue weighted by Gasteiger charge is -2.27. The first-order valence-corrected chi connectivity index (χ1v) is 19.1. The van der Waals surface area contributed by atoms with Crippen molar-refractivity contribution in [2.45, 2.75) is 70.7 Å². The van der Waals surface area contributed by atoms with Gasteiger partial charge in [0.2, 0.25) is 0 Å². The fourth-order valence-electron chi connectivity index (χ4n) is 5.73. The van der Waals surface area contributed by atoms with Crippen molar-refractivity contribution in [2.75, 3.05) is 46.4 Å². The lowest BCUT2D eigenvalue weighted by Crippen LogP contribution is -2.25. The predicted molar refractivity (Wildman–Crippen MR) is 218 cm³/mol. The minimum Gasteiger partial charge on any atom is -0.491 e. The number of ether oxygens (including phenoxy) is 7. The average Bonchev–Trinajstić information content (AvgIpc) is 3.21. The molecule has 3 N–H and O–H groups in total. The molecule has 4 rings (SSSR count). The largest absolute Gasteiger partial charge is 0.491 e. The highest BCUT2D eigenvalue weighted by Crippen LogP contribution is 2.35. The highest BCUT2D eigenvalue weighted by atomic mass is 16.7. The summed E-state index contributed by atoms with van der Waals surface area (Å²) in [6.07, 6.45) is -2.74. The second-order valence-electron chi connectivity index (χ2n) is 15.1. The van der Waals surface area contributed by atoms with Crippen LogP contribution in [0.1, 0.15) is 63.8 Å². The summed E-state index contributed by atoms with van der Waals surface area (Å²) >= 11 is 0. The zero-order valence-corrected chi connectivity index (χ0v) is 34.1. The fraction of sp³-hybridized carbons (Fsp3) is 0.391. The third-order valence-corrected chi connectivity index (χ3v) is 9.48. The molecule has 0 fully saturated rings. The van der Waals surface area contributed by atoms with E-state index in [0.717, 1.165) is 22.3 Å². The van der Waals surface area contributed by atoms with E-state index in [1.165, 1.54) is 13.8 Å². The van der Waals surface area contributed by atoms with Gasteiger partial charge in [0, 0.05) is 23.3 Å². The lowest BCUT2D eigenvalue weighted by molar-refractivity contribution is -0.144. The number of hydrogen-bond acceptors (Lipinski definition) is 12. The molecule has 0 saturated heterocycles. The zero-order valence-electron chi connectivity index (χ0n) is 34.1. The molecule has 0 saturated carbocycles. The van der Waals surface area contributed by atoms with Gasteiger partial charge in [-0.05, 0) is 77.7 Å². The number of benzene rings is 4. The van der Waals surface area contributed by atoms with Gasteiger partial charge >= 0.3 is 11.9 Å². The van der Waals surface area contributed by atoms with Gasteiger partial charge in [-0.2, -0.15) is 0 Å². The van der Waals surface area contributed by atoms with E-state index in [0.29, 0.717) is 23.0 Å². The van der Waals surface area contributed by atoms with Crippen molar-refractivity contribution in [2.24, 2.45) is 0 Å². The first-order valence-electron chi connectivity index (χ1n) is 19.1. The fourth-order valence-corrected chi connectivity index (χ4v) is 5.73. The molecule has 0 radical (unpaired) electrons. The van der Waals surface area contributed by atoms with Gasteiger partial charge in [0.1, 0.15) is 74.3 Å². The van der Waals surface area contributed by atoms with Gasteiger partial charge in [-0.1, -0.05) is 82.8 Å². The molecule has 0 amide bonds. The van der Waals surface area contributed by atoms with Crippen LogP contribution in [0, 0.1) is 0 Å². The van der Waals surface area contributed by atoms with Gasteiger partial charge in [-0.25, -0.2) is 4.79 Å². The molecule has 3 unspecified atom stereocenters. The van der Waals surface area contributed by atoms with Crippen molar-refractivity contribution < 1.29 is 58.1 Å². The second kappa shape index (κ2) is 21.4. The van der Waals surface area contributed by atoms with Crippen LogP contribution in [-0.2, 0) is 34.6 Å². The molecular formula is C46H56O12. The monoisotopic (exact) mass is 800 g/mol. The maximum Gasteiger partial charge on any atom is 0.333 e. The molecule has 3 atom stereocenters. The maximum atomic E-state index is 11.4. The Balaban J connectivity index is 1.18. The Morgan fingerprint density at radius 2 is 0.810 bits per heavy atom. The molecule has 0 aromatic heterocycles. The third kappa shape index (κ3) is 13.9. The Kier molecular flexibility index (Phi) is 16.7. The van der Waals surface area contributed by atoms with Crippen LogP contribution in [0.25, 0.3) is 0 Å². The van der Waals surface area contributed by atoms with Crippen LogP contribution >= 0.6 is 0 Å². The lowest BCUT2D eigenvalue weighted by atomic mass is 9.78. The number of carbonyl (C=O) groups excluding carboxylic acids is 2. The van der Waals surface area contributed by atoms with Crippen molar-refractivity contribution in [3.63, 3.8) is 0 Å². The van der Waals surface area contributed by atoms with Crippen LogP contribution in [0.3, 0.4) is 0 Å². The van der Waals surface area contributed by atoms with E-state index in [4.69, 9.17) is 33.2 Å². The average molecular weight is 801 g/mol. The molecule has 0 aliphatic heterocycles. The van der Waals surface area contributed by atoms with Crippen LogP contribution in [0.15, 0.2) is 109 Å². The van der Waals surface area contributed by atoms with Gasteiger partial charge in [0.05, 0.1) is 6.61 Å². The van der Waals surface area contributed by atoms with Gasteiger partial charge in [0.25, 0.3) is 0 Å². The van der Waals surface area contributed by atoms with Crippen LogP contribution in [-0.4, -0.2) is 92.0 Å². The number of aliphatic hydroxyl groups is 3. The first kappa shape index (κ1) is 45.3. The number of esters is 2. The molecule has 4 aromatic carbocycles. The molecule has 0 aliphatic rings. The summed E-state index contributed by atoms with van der Waals surface area (Å²) in [5.74, 6) is 1.45. The molecular weight excluding hydrogens is 744 g/mol. The summed E-state index contributed by atoms with van der Waals surface area (Å²) in [7, 11) is 0. The maximum absolute atomic E-state index is 11.4. The van der Waals surface area contributed by atoms with Gasteiger partial charge < -0.3 is 48.5 Å². The Morgan fingerprint density at radius 1 is 0.500 bits per heavy atom. The van der Waals surface area contributed by atoms with Crippen LogP contribution in [0.5, 0.6) is 23.0 Å². The summed E-state index contributed by atoms with van der Waals surface area (Å²) in [6, 6.07) is 30.9. The minimum absolute atomic E-state index is 0.00875. The predicted octanol–water partition coefficient (Wildman–Crippen LogP) is 6.29. The summed E-state index contributed by atoms with van der Waals surface area (Å²) < 4.78 is 38.1. The summed E-state index contributed by atoms with van der Waals surface area (Å²) in [4.78, 5) is 22.4. The van der Waals surface area contributed by atoms with E-state index in [9.17, 15) is 24.9 Å². The number of rotatable bonds is 23. The molecule has 12 heteroatoms. The Bertz CT molecular complexity index is 1890. The molecule has 12 nitrogen and oxygen atoms in total.